The minimum absolute atomic E-state index is 0.225. The van der Waals surface area contributed by atoms with Crippen LogP contribution in [0.4, 0.5) is 8.78 Å². The molecule has 0 aromatic carbocycles. The first-order chi connectivity index (χ1) is 7.16. The highest BCUT2D eigenvalue weighted by molar-refractivity contribution is 9.10. The zero-order valence-electron chi connectivity index (χ0n) is 7.52. The second kappa shape index (κ2) is 4.09. The summed E-state index contributed by atoms with van der Waals surface area (Å²) in [5, 5.41) is 3.96. The maximum atomic E-state index is 12.5. The lowest BCUT2D eigenvalue weighted by molar-refractivity contribution is 0.0665. The topological polar surface area (TPSA) is 35.6 Å². The largest absolute Gasteiger partial charge is 0.319 e. The number of rotatable bonds is 3. The molecular formula is C8H7BrF2N4. The highest BCUT2D eigenvalue weighted by Gasteiger charge is 2.11. The summed E-state index contributed by atoms with van der Waals surface area (Å²) in [5.74, 6) is 0.278. The van der Waals surface area contributed by atoms with Crippen LogP contribution in [0.3, 0.4) is 0 Å². The zero-order valence-corrected chi connectivity index (χ0v) is 9.10. The van der Waals surface area contributed by atoms with Gasteiger partial charge >= 0.3 is 6.55 Å². The quantitative estimate of drug-likeness (QED) is 0.862. The summed E-state index contributed by atoms with van der Waals surface area (Å²) in [6.07, 6.45) is 5.89. The molecule has 0 N–H and O–H groups in total. The predicted molar refractivity (Wildman–Crippen MR) is 52.5 cm³/mol. The smallest absolute Gasteiger partial charge is 0.276 e. The van der Waals surface area contributed by atoms with Crippen molar-refractivity contribution in [2.45, 2.75) is 13.1 Å². The Morgan fingerprint density at radius 2 is 2.27 bits per heavy atom. The van der Waals surface area contributed by atoms with Gasteiger partial charge in [0, 0.05) is 18.6 Å². The Labute approximate surface area is 92.7 Å². The average Bonchev–Trinajstić information content (AvgIpc) is 2.75. The fraction of sp³-hybridized carbons (Fsp3) is 0.250. The summed E-state index contributed by atoms with van der Waals surface area (Å²) in [5.41, 5.74) is 0. The van der Waals surface area contributed by atoms with E-state index in [0.717, 1.165) is 9.04 Å². The molecule has 0 fully saturated rings. The standard InChI is InChI=1S/C8H7BrF2N4/c9-6-3-13-14(4-6)5-7-12-1-2-15(7)8(10)11/h1-4,8H,5H2. The maximum absolute atomic E-state index is 12.5. The molecule has 0 unspecified atom stereocenters. The first-order valence-corrected chi connectivity index (χ1v) is 4.94. The highest BCUT2D eigenvalue weighted by atomic mass is 79.9. The molecule has 2 rings (SSSR count). The first kappa shape index (κ1) is 10.3. The third kappa shape index (κ3) is 2.23. The van der Waals surface area contributed by atoms with Gasteiger partial charge in [0.05, 0.1) is 17.2 Å². The van der Waals surface area contributed by atoms with Crippen molar-refractivity contribution >= 4 is 15.9 Å². The van der Waals surface area contributed by atoms with E-state index in [0.29, 0.717) is 0 Å². The van der Waals surface area contributed by atoms with Gasteiger partial charge in [0.1, 0.15) is 5.82 Å². The van der Waals surface area contributed by atoms with Crippen LogP contribution in [-0.4, -0.2) is 19.3 Å². The molecule has 15 heavy (non-hydrogen) atoms. The third-order valence-corrected chi connectivity index (χ3v) is 2.27. The molecule has 0 aliphatic carbocycles. The monoisotopic (exact) mass is 276 g/mol. The van der Waals surface area contributed by atoms with Gasteiger partial charge in [0.2, 0.25) is 0 Å². The van der Waals surface area contributed by atoms with Crippen LogP contribution < -0.4 is 0 Å². The van der Waals surface area contributed by atoms with Crippen molar-refractivity contribution in [2.24, 2.45) is 0 Å². The summed E-state index contributed by atoms with van der Waals surface area (Å²) < 4.78 is 28.1. The molecule has 0 saturated heterocycles. The fourth-order valence-corrected chi connectivity index (χ4v) is 1.54. The van der Waals surface area contributed by atoms with E-state index in [9.17, 15) is 8.78 Å². The van der Waals surface area contributed by atoms with Gasteiger partial charge in [-0.05, 0) is 15.9 Å². The van der Waals surface area contributed by atoms with E-state index in [2.05, 4.69) is 26.0 Å². The van der Waals surface area contributed by atoms with Crippen LogP contribution >= 0.6 is 15.9 Å². The van der Waals surface area contributed by atoms with Crippen molar-refractivity contribution in [2.75, 3.05) is 0 Å². The Bertz CT molecular complexity index is 451. The second-order valence-electron chi connectivity index (χ2n) is 2.88. The normalized spacial score (nSPS) is 11.2. The van der Waals surface area contributed by atoms with Gasteiger partial charge in [-0.25, -0.2) is 4.98 Å². The van der Waals surface area contributed by atoms with E-state index in [-0.39, 0.29) is 12.4 Å². The van der Waals surface area contributed by atoms with Gasteiger partial charge in [-0.2, -0.15) is 13.9 Å². The minimum atomic E-state index is -2.57. The van der Waals surface area contributed by atoms with Crippen molar-refractivity contribution in [3.63, 3.8) is 0 Å². The molecule has 0 bridgehead atoms. The molecule has 7 heteroatoms. The molecule has 4 nitrogen and oxygen atoms in total. The molecule has 0 atom stereocenters. The number of alkyl halides is 2. The van der Waals surface area contributed by atoms with Crippen LogP contribution in [0.25, 0.3) is 0 Å². The van der Waals surface area contributed by atoms with Gasteiger partial charge in [-0.1, -0.05) is 0 Å². The number of nitrogens with zero attached hydrogens (tertiary/aromatic N) is 4. The summed E-state index contributed by atoms with van der Waals surface area (Å²) in [6.45, 7) is -2.34. The minimum Gasteiger partial charge on any atom is -0.276 e. The van der Waals surface area contributed by atoms with E-state index in [4.69, 9.17) is 0 Å². The Balaban J connectivity index is 2.20. The molecule has 0 aliphatic heterocycles. The average molecular weight is 277 g/mol. The Morgan fingerprint density at radius 3 is 2.87 bits per heavy atom. The number of hydrogen-bond acceptors (Lipinski definition) is 2. The van der Waals surface area contributed by atoms with Crippen LogP contribution in [0.15, 0.2) is 29.3 Å². The van der Waals surface area contributed by atoms with Crippen LogP contribution in [0.1, 0.15) is 12.4 Å². The Kier molecular flexibility index (Phi) is 2.81. The molecule has 2 aromatic heterocycles. The molecule has 0 radical (unpaired) electrons. The molecule has 0 saturated carbocycles. The predicted octanol–water partition coefficient (Wildman–Crippen LogP) is 2.29. The summed E-state index contributed by atoms with van der Waals surface area (Å²) in [7, 11) is 0. The number of hydrogen-bond donors (Lipinski definition) is 0. The lowest BCUT2D eigenvalue weighted by Gasteiger charge is -2.05. The number of aromatic nitrogens is 4. The van der Waals surface area contributed by atoms with Crippen molar-refractivity contribution in [3.05, 3.63) is 35.1 Å². The molecule has 0 aliphatic rings. The Hall–Kier alpha value is -1.24. The van der Waals surface area contributed by atoms with E-state index in [1.807, 2.05) is 0 Å². The fourth-order valence-electron chi connectivity index (χ4n) is 1.21. The van der Waals surface area contributed by atoms with Crippen LogP contribution in [0.5, 0.6) is 0 Å². The van der Waals surface area contributed by atoms with E-state index < -0.39 is 6.55 Å². The second-order valence-corrected chi connectivity index (χ2v) is 3.80. The van der Waals surface area contributed by atoms with Crippen LogP contribution in [-0.2, 0) is 6.54 Å². The summed E-state index contributed by atoms with van der Waals surface area (Å²) >= 11 is 3.22. The number of halogens is 3. The van der Waals surface area contributed by atoms with Gasteiger partial charge in [-0.15, -0.1) is 0 Å². The van der Waals surface area contributed by atoms with Gasteiger partial charge in [0.15, 0.2) is 0 Å². The molecule has 0 amide bonds. The molecular weight excluding hydrogens is 270 g/mol. The molecule has 80 valence electrons. The molecule has 2 aromatic rings. The maximum Gasteiger partial charge on any atom is 0.319 e. The zero-order chi connectivity index (χ0) is 10.8. The highest BCUT2D eigenvalue weighted by Crippen LogP contribution is 2.14. The molecule has 0 spiro atoms. The van der Waals surface area contributed by atoms with Crippen molar-refractivity contribution in [1.29, 1.82) is 0 Å². The molecule has 2 heterocycles. The van der Waals surface area contributed by atoms with E-state index in [1.165, 1.54) is 17.1 Å². The number of imidazole rings is 1. The first-order valence-electron chi connectivity index (χ1n) is 4.14. The lowest BCUT2D eigenvalue weighted by atomic mass is 10.6. The van der Waals surface area contributed by atoms with Gasteiger partial charge in [-0.3, -0.25) is 9.25 Å². The van der Waals surface area contributed by atoms with Crippen LogP contribution in [0, 0.1) is 0 Å². The lowest BCUT2D eigenvalue weighted by Crippen LogP contribution is -2.09. The van der Waals surface area contributed by atoms with Crippen molar-refractivity contribution in [3.8, 4) is 0 Å². The van der Waals surface area contributed by atoms with Gasteiger partial charge in [0.25, 0.3) is 0 Å². The van der Waals surface area contributed by atoms with E-state index >= 15 is 0 Å². The third-order valence-electron chi connectivity index (χ3n) is 1.86. The summed E-state index contributed by atoms with van der Waals surface area (Å²) in [6, 6.07) is 0. The van der Waals surface area contributed by atoms with Crippen molar-refractivity contribution < 1.29 is 8.78 Å². The van der Waals surface area contributed by atoms with Crippen LogP contribution in [0.2, 0.25) is 0 Å². The summed E-state index contributed by atoms with van der Waals surface area (Å²) in [4.78, 5) is 3.85. The van der Waals surface area contributed by atoms with E-state index in [1.54, 1.807) is 12.4 Å². The van der Waals surface area contributed by atoms with Gasteiger partial charge < -0.3 is 0 Å². The van der Waals surface area contributed by atoms with Crippen molar-refractivity contribution in [1.82, 2.24) is 19.3 Å². The SMILES string of the molecule is FC(F)n1ccnc1Cn1cc(Br)cn1. The Morgan fingerprint density at radius 1 is 1.47 bits per heavy atom.